The maximum atomic E-state index is 12.7. The number of nitrogens with zero attached hydrogens (tertiary/aromatic N) is 4. The third kappa shape index (κ3) is 3.31. The monoisotopic (exact) mass is 419 g/mol. The standard InChI is InChI=1S/C13H21N7O7S/c1-5-8(22)9(23)13(27-5)19-4-20(7-10(15)16-3-17-11(7)19)28(25,26)18-12(24)6(14)2-21/h3,5-6,8-9,13,21-23H,2,4,14H2,1H3,(H,18,24)(H2,15,16,17)/t5-,6+,8?,9?,13-/m1/s1. The Morgan fingerprint density at radius 2 is 2.11 bits per heavy atom. The molecule has 1 aromatic rings. The van der Waals surface area contributed by atoms with E-state index < -0.39 is 60.0 Å². The van der Waals surface area contributed by atoms with Crippen LogP contribution in [0.15, 0.2) is 6.33 Å². The van der Waals surface area contributed by atoms with E-state index in [2.05, 4.69) is 9.97 Å². The minimum atomic E-state index is -4.52. The SMILES string of the molecule is C[C@H]1O[C@@H](N2CN(S(=O)(=O)NC(=O)[C@@H](N)CO)c3c(N)ncnc32)C(O)C1O. The summed E-state index contributed by atoms with van der Waals surface area (Å²) in [6.07, 6.45) is -3.28. The van der Waals surface area contributed by atoms with Crippen LogP contribution in [0.3, 0.4) is 0 Å². The highest BCUT2D eigenvalue weighted by molar-refractivity contribution is 7.91. The molecular weight excluding hydrogens is 398 g/mol. The second-order valence-electron chi connectivity index (χ2n) is 6.36. The first-order valence-corrected chi connectivity index (χ1v) is 9.62. The van der Waals surface area contributed by atoms with Gasteiger partial charge in [-0.05, 0) is 6.92 Å². The summed E-state index contributed by atoms with van der Waals surface area (Å²) in [5.41, 5.74) is 11.0. The van der Waals surface area contributed by atoms with Gasteiger partial charge in [-0.3, -0.25) is 4.79 Å². The fourth-order valence-corrected chi connectivity index (χ4v) is 4.14. The molecule has 2 aliphatic heterocycles. The van der Waals surface area contributed by atoms with Crippen LogP contribution >= 0.6 is 0 Å². The van der Waals surface area contributed by atoms with Crippen molar-refractivity contribution in [1.29, 1.82) is 0 Å². The summed E-state index contributed by atoms with van der Waals surface area (Å²) in [5, 5.41) is 29.1. The highest BCUT2D eigenvalue weighted by atomic mass is 32.2. The average molecular weight is 419 g/mol. The van der Waals surface area contributed by atoms with Gasteiger partial charge in [-0.25, -0.2) is 19.0 Å². The number of aliphatic hydroxyl groups excluding tert-OH is 3. The molecule has 28 heavy (non-hydrogen) atoms. The topological polar surface area (TPSA) is 217 Å². The molecule has 156 valence electrons. The first-order chi connectivity index (χ1) is 13.1. The summed E-state index contributed by atoms with van der Waals surface area (Å²) in [5.74, 6) is -1.29. The number of amides is 1. The number of carbonyl (C=O) groups is 1. The molecule has 2 unspecified atom stereocenters. The van der Waals surface area contributed by atoms with Crippen molar-refractivity contribution < 1.29 is 33.3 Å². The largest absolute Gasteiger partial charge is 0.394 e. The number of anilines is 3. The van der Waals surface area contributed by atoms with Crippen LogP contribution in [0.1, 0.15) is 6.92 Å². The van der Waals surface area contributed by atoms with E-state index in [1.54, 1.807) is 11.6 Å². The number of hydrogen-bond donors (Lipinski definition) is 6. The number of rotatable bonds is 5. The zero-order valence-corrected chi connectivity index (χ0v) is 15.5. The second-order valence-corrected chi connectivity index (χ2v) is 7.96. The molecule has 15 heteroatoms. The van der Waals surface area contributed by atoms with Crippen LogP contribution in [-0.4, -0.2) is 83.5 Å². The zero-order valence-electron chi connectivity index (χ0n) is 14.7. The van der Waals surface area contributed by atoms with Gasteiger partial charge in [-0.15, -0.1) is 0 Å². The molecule has 0 aromatic carbocycles. The lowest BCUT2D eigenvalue weighted by Gasteiger charge is -2.28. The number of fused-ring (bicyclic) bond motifs is 1. The summed E-state index contributed by atoms with van der Waals surface area (Å²) in [6.45, 7) is 0.355. The Morgan fingerprint density at radius 3 is 2.68 bits per heavy atom. The molecule has 14 nitrogen and oxygen atoms in total. The molecule has 1 fully saturated rings. The summed E-state index contributed by atoms with van der Waals surface area (Å²) >= 11 is 0. The van der Waals surface area contributed by atoms with Crippen molar-refractivity contribution in [2.75, 3.05) is 28.2 Å². The Hall–Kier alpha value is -2.30. The predicted octanol–water partition coefficient (Wildman–Crippen LogP) is -4.21. The Balaban J connectivity index is 1.96. The van der Waals surface area contributed by atoms with E-state index in [-0.39, 0.29) is 17.3 Å². The van der Waals surface area contributed by atoms with E-state index >= 15 is 0 Å². The third-order valence-corrected chi connectivity index (χ3v) is 5.81. The zero-order chi connectivity index (χ0) is 20.8. The minimum absolute atomic E-state index is 0.0298. The molecule has 2 aliphatic rings. The van der Waals surface area contributed by atoms with Gasteiger partial charge in [0.05, 0.1) is 12.7 Å². The Labute approximate surface area is 159 Å². The number of hydrogen-bond acceptors (Lipinski definition) is 12. The fourth-order valence-electron chi connectivity index (χ4n) is 2.93. The summed E-state index contributed by atoms with van der Waals surface area (Å²) in [4.78, 5) is 20.9. The molecule has 1 saturated heterocycles. The van der Waals surface area contributed by atoms with E-state index in [1.165, 1.54) is 4.90 Å². The van der Waals surface area contributed by atoms with E-state index in [4.69, 9.17) is 21.3 Å². The maximum absolute atomic E-state index is 12.7. The summed E-state index contributed by atoms with van der Waals surface area (Å²) < 4.78 is 33.4. The number of ether oxygens (including phenoxy) is 1. The second kappa shape index (κ2) is 7.26. The molecule has 0 spiro atoms. The molecule has 0 aliphatic carbocycles. The van der Waals surface area contributed by atoms with Crippen molar-refractivity contribution in [3.63, 3.8) is 0 Å². The first-order valence-electron chi connectivity index (χ1n) is 8.18. The number of aromatic nitrogens is 2. The molecule has 3 rings (SSSR count). The molecule has 0 saturated carbocycles. The Kier molecular flexibility index (Phi) is 5.30. The van der Waals surface area contributed by atoms with Crippen molar-refractivity contribution in [2.24, 2.45) is 5.73 Å². The Morgan fingerprint density at radius 1 is 1.43 bits per heavy atom. The minimum Gasteiger partial charge on any atom is -0.394 e. The fraction of sp³-hybridized carbons (Fsp3) is 0.615. The van der Waals surface area contributed by atoms with Crippen LogP contribution in [0.5, 0.6) is 0 Å². The van der Waals surface area contributed by atoms with Crippen molar-refractivity contribution in [3.8, 4) is 0 Å². The van der Waals surface area contributed by atoms with E-state index in [0.29, 0.717) is 4.31 Å². The van der Waals surface area contributed by atoms with Crippen molar-refractivity contribution in [2.45, 2.75) is 37.5 Å². The lowest BCUT2D eigenvalue weighted by atomic mass is 10.1. The predicted molar refractivity (Wildman–Crippen MR) is 94.7 cm³/mol. The van der Waals surface area contributed by atoms with Gasteiger partial charge in [-0.1, -0.05) is 0 Å². The molecule has 0 bridgehead atoms. The van der Waals surface area contributed by atoms with Crippen LogP contribution < -0.4 is 25.4 Å². The van der Waals surface area contributed by atoms with Gasteiger partial charge < -0.3 is 36.4 Å². The van der Waals surface area contributed by atoms with E-state index in [0.717, 1.165) is 6.33 Å². The summed E-state index contributed by atoms with van der Waals surface area (Å²) in [6, 6.07) is -1.45. The number of nitrogens with one attached hydrogen (secondary N) is 1. The molecule has 0 radical (unpaired) electrons. The van der Waals surface area contributed by atoms with Gasteiger partial charge in [0.25, 0.3) is 5.91 Å². The Bertz CT molecular complexity index is 869. The van der Waals surface area contributed by atoms with Gasteiger partial charge in [-0.2, -0.15) is 8.42 Å². The van der Waals surface area contributed by atoms with E-state index in [9.17, 15) is 23.4 Å². The van der Waals surface area contributed by atoms with Crippen molar-refractivity contribution in [1.82, 2.24) is 14.7 Å². The van der Waals surface area contributed by atoms with Gasteiger partial charge in [0, 0.05) is 0 Å². The average Bonchev–Trinajstić information content (AvgIpc) is 3.15. The van der Waals surface area contributed by atoms with Crippen LogP contribution in [-0.2, 0) is 19.7 Å². The molecule has 8 N–H and O–H groups in total. The molecule has 5 atom stereocenters. The van der Waals surface area contributed by atoms with Crippen LogP contribution in [0.4, 0.5) is 17.3 Å². The highest BCUT2D eigenvalue weighted by Gasteiger charge is 2.49. The lowest BCUT2D eigenvalue weighted by Crippen LogP contribution is -2.52. The number of nitrogens with two attached hydrogens (primary N) is 2. The first kappa shape index (κ1) is 20.4. The normalized spacial score (nSPS) is 28.3. The van der Waals surface area contributed by atoms with Gasteiger partial charge in [0.2, 0.25) is 0 Å². The number of aliphatic hydroxyl groups is 3. The third-order valence-electron chi connectivity index (χ3n) is 4.47. The van der Waals surface area contributed by atoms with Crippen LogP contribution in [0, 0.1) is 0 Å². The molecular formula is C13H21N7O7S. The maximum Gasteiger partial charge on any atom is 0.328 e. The van der Waals surface area contributed by atoms with Crippen molar-refractivity contribution >= 4 is 33.4 Å². The quantitative estimate of drug-likeness (QED) is 0.267. The van der Waals surface area contributed by atoms with Crippen molar-refractivity contribution in [3.05, 3.63) is 6.33 Å². The van der Waals surface area contributed by atoms with Crippen LogP contribution in [0.25, 0.3) is 0 Å². The van der Waals surface area contributed by atoms with Gasteiger partial charge in [0.15, 0.2) is 17.9 Å². The molecule has 3 heterocycles. The van der Waals surface area contributed by atoms with Gasteiger partial charge in [0.1, 0.15) is 36.9 Å². The van der Waals surface area contributed by atoms with Gasteiger partial charge >= 0.3 is 10.2 Å². The van der Waals surface area contributed by atoms with E-state index in [1.807, 2.05) is 0 Å². The lowest BCUT2D eigenvalue weighted by molar-refractivity contribution is -0.121. The number of nitrogen functional groups attached to an aromatic ring is 1. The van der Waals surface area contributed by atoms with Crippen LogP contribution in [0.2, 0.25) is 0 Å². The molecule has 1 aromatic heterocycles. The summed E-state index contributed by atoms with van der Waals surface area (Å²) in [7, 11) is -4.52. The number of carbonyl (C=O) groups excluding carboxylic acids is 1. The smallest absolute Gasteiger partial charge is 0.328 e. The highest BCUT2D eigenvalue weighted by Crippen LogP contribution is 2.42. The molecule has 1 amide bonds.